The number of ether oxygens (including phenoxy) is 1. The summed E-state index contributed by atoms with van der Waals surface area (Å²) in [5, 5.41) is 13.2. The second kappa shape index (κ2) is 8.64. The Kier molecular flexibility index (Phi) is 7.19. The van der Waals surface area contributed by atoms with E-state index >= 15 is 0 Å². The van der Waals surface area contributed by atoms with Crippen LogP contribution in [0.5, 0.6) is 5.75 Å². The van der Waals surface area contributed by atoms with Crippen molar-refractivity contribution in [2.75, 3.05) is 19.0 Å². The summed E-state index contributed by atoms with van der Waals surface area (Å²) in [5.41, 5.74) is 2.10. The van der Waals surface area contributed by atoms with Crippen molar-refractivity contribution in [3.63, 3.8) is 0 Å². The van der Waals surface area contributed by atoms with Crippen LogP contribution in [0.15, 0.2) is 48.6 Å². The molecule has 22 heavy (non-hydrogen) atoms. The highest BCUT2D eigenvalue weighted by atomic mass is 16.5. The van der Waals surface area contributed by atoms with Crippen LogP contribution in [0.4, 0.5) is 5.69 Å². The average Bonchev–Trinajstić information content (AvgIpc) is 2.52. The van der Waals surface area contributed by atoms with E-state index in [1.165, 1.54) is 5.57 Å². The third-order valence-corrected chi connectivity index (χ3v) is 4.11. The second-order valence-corrected chi connectivity index (χ2v) is 6.14. The monoisotopic (exact) mass is 303 g/mol. The molecule has 3 nitrogen and oxygen atoms in total. The minimum Gasteiger partial charge on any atom is -0.497 e. The quantitative estimate of drug-likeness (QED) is 0.664. The van der Waals surface area contributed by atoms with E-state index in [1.54, 1.807) is 7.11 Å². The standard InChI is InChI=1S/C19H29NO2/c1-6-19(4,13-7-8-15(2)3)18(14-21)20-16-9-11-17(22-5)12-10-16/h6,8-12,18,20-21H,1,7,13-14H2,2-5H3/t18-,19+/m0/s1. The third kappa shape index (κ3) is 5.23. The number of aliphatic hydroxyl groups is 1. The Morgan fingerprint density at radius 2 is 2.00 bits per heavy atom. The zero-order valence-corrected chi connectivity index (χ0v) is 14.2. The summed E-state index contributed by atoms with van der Waals surface area (Å²) < 4.78 is 5.16. The maximum Gasteiger partial charge on any atom is 0.119 e. The number of aliphatic hydroxyl groups excluding tert-OH is 1. The Bertz CT molecular complexity index is 489. The van der Waals surface area contributed by atoms with E-state index in [0.29, 0.717) is 0 Å². The van der Waals surface area contributed by atoms with Gasteiger partial charge in [0, 0.05) is 11.1 Å². The van der Waals surface area contributed by atoms with Gasteiger partial charge in [-0.2, -0.15) is 0 Å². The third-order valence-electron chi connectivity index (χ3n) is 4.11. The van der Waals surface area contributed by atoms with Gasteiger partial charge < -0.3 is 15.2 Å². The molecule has 0 bridgehead atoms. The van der Waals surface area contributed by atoms with Crippen molar-refractivity contribution in [3.05, 3.63) is 48.6 Å². The van der Waals surface area contributed by atoms with Crippen LogP contribution in [0.25, 0.3) is 0 Å². The molecule has 0 aliphatic heterocycles. The molecule has 1 rings (SSSR count). The van der Waals surface area contributed by atoms with Gasteiger partial charge in [0.25, 0.3) is 0 Å². The van der Waals surface area contributed by atoms with E-state index in [4.69, 9.17) is 4.74 Å². The van der Waals surface area contributed by atoms with Crippen molar-refractivity contribution < 1.29 is 9.84 Å². The van der Waals surface area contributed by atoms with E-state index in [2.05, 4.69) is 38.7 Å². The van der Waals surface area contributed by atoms with Gasteiger partial charge in [-0.25, -0.2) is 0 Å². The minimum absolute atomic E-state index is 0.0589. The van der Waals surface area contributed by atoms with E-state index < -0.39 is 0 Å². The predicted molar refractivity (Wildman–Crippen MR) is 94.5 cm³/mol. The summed E-state index contributed by atoms with van der Waals surface area (Å²) in [5.74, 6) is 0.820. The van der Waals surface area contributed by atoms with E-state index in [-0.39, 0.29) is 18.1 Å². The molecule has 0 aliphatic carbocycles. The number of allylic oxidation sites excluding steroid dienone is 2. The van der Waals surface area contributed by atoms with Crippen LogP contribution in [0.2, 0.25) is 0 Å². The highest BCUT2D eigenvalue weighted by Crippen LogP contribution is 2.32. The molecule has 0 radical (unpaired) electrons. The number of hydrogen-bond donors (Lipinski definition) is 2. The number of rotatable bonds is 9. The van der Waals surface area contributed by atoms with Crippen LogP contribution < -0.4 is 10.1 Å². The van der Waals surface area contributed by atoms with Crippen molar-refractivity contribution in [2.45, 2.75) is 39.7 Å². The Balaban J connectivity index is 2.80. The molecule has 2 atom stereocenters. The van der Waals surface area contributed by atoms with E-state index in [9.17, 15) is 5.11 Å². The number of methoxy groups -OCH3 is 1. The average molecular weight is 303 g/mol. The van der Waals surface area contributed by atoms with Crippen molar-refractivity contribution >= 4 is 5.69 Å². The van der Waals surface area contributed by atoms with E-state index in [0.717, 1.165) is 24.3 Å². The smallest absolute Gasteiger partial charge is 0.119 e. The molecule has 0 amide bonds. The van der Waals surface area contributed by atoms with Gasteiger partial charge >= 0.3 is 0 Å². The Morgan fingerprint density at radius 3 is 2.45 bits per heavy atom. The maximum absolute atomic E-state index is 9.81. The van der Waals surface area contributed by atoms with Crippen LogP contribution in [-0.4, -0.2) is 24.9 Å². The molecule has 0 fully saturated rings. The first-order valence-electron chi connectivity index (χ1n) is 7.73. The normalized spacial score (nSPS) is 14.6. The summed E-state index contributed by atoms with van der Waals surface area (Å²) in [4.78, 5) is 0. The number of benzene rings is 1. The van der Waals surface area contributed by atoms with Gasteiger partial charge in [0.2, 0.25) is 0 Å². The summed E-state index contributed by atoms with van der Waals surface area (Å²) in [6.45, 7) is 10.4. The molecule has 0 aromatic heterocycles. The van der Waals surface area contributed by atoms with Crippen molar-refractivity contribution in [1.29, 1.82) is 0 Å². The Morgan fingerprint density at radius 1 is 1.36 bits per heavy atom. The molecule has 1 aromatic rings. The van der Waals surface area contributed by atoms with Crippen LogP contribution in [0.3, 0.4) is 0 Å². The van der Waals surface area contributed by atoms with Crippen LogP contribution in [0.1, 0.15) is 33.6 Å². The zero-order chi connectivity index (χ0) is 16.6. The molecule has 122 valence electrons. The van der Waals surface area contributed by atoms with Gasteiger partial charge in [-0.3, -0.25) is 0 Å². The SMILES string of the molecule is C=C[C@](C)(CCC=C(C)C)[C@H](CO)Nc1ccc(OC)cc1. The zero-order valence-electron chi connectivity index (χ0n) is 14.2. The van der Waals surface area contributed by atoms with Crippen LogP contribution >= 0.6 is 0 Å². The first kappa shape index (κ1) is 18.3. The van der Waals surface area contributed by atoms with Crippen molar-refractivity contribution in [3.8, 4) is 5.75 Å². The lowest BCUT2D eigenvalue weighted by Crippen LogP contribution is -2.40. The van der Waals surface area contributed by atoms with Gasteiger partial charge in [0.05, 0.1) is 19.8 Å². The van der Waals surface area contributed by atoms with Crippen molar-refractivity contribution in [2.24, 2.45) is 5.41 Å². The Hall–Kier alpha value is -1.74. The van der Waals surface area contributed by atoms with Crippen molar-refractivity contribution in [1.82, 2.24) is 0 Å². The largest absolute Gasteiger partial charge is 0.497 e. The number of anilines is 1. The van der Waals surface area contributed by atoms with Gasteiger partial charge in [0.1, 0.15) is 5.75 Å². The number of nitrogens with one attached hydrogen (secondary N) is 1. The fourth-order valence-corrected chi connectivity index (χ4v) is 2.40. The first-order chi connectivity index (χ1) is 10.4. The molecule has 1 aromatic carbocycles. The molecule has 0 saturated carbocycles. The predicted octanol–water partition coefficient (Wildman–Crippen LogP) is 4.41. The number of hydrogen-bond acceptors (Lipinski definition) is 3. The fourth-order valence-electron chi connectivity index (χ4n) is 2.40. The summed E-state index contributed by atoms with van der Waals surface area (Å²) in [7, 11) is 1.65. The Labute approximate surface area is 134 Å². The van der Waals surface area contributed by atoms with Gasteiger partial charge in [-0.1, -0.05) is 24.6 Å². The molecular weight excluding hydrogens is 274 g/mol. The lowest BCUT2D eigenvalue weighted by Gasteiger charge is -2.35. The summed E-state index contributed by atoms with van der Waals surface area (Å²) in [6.07, 6.45) is 6.09. The molecular formula is C19H29NO2. The first-order valence-corrected chi connectivity index (χ1v) is 7.73. The lowest BCUT2D eigenvalue weighted by atomic mass is 9.78. The molecule has 3 heteroatoms. The molecule has 0 heterocycles. The van der Waals surface area contributed by atoms with Gasteiger partial charge in [0.15, 0.2) is 0 Å². The molecule has 0 unspecified atom stereocenters. The van der Waals surface area contributed by atoms with E-state index in [1.807, 2.05) is 30.3 Å². The topological polar surface area (TPSA) is 41.5 Å². The molecule has 0 aliphatic rings. The molecule has 0 spiro atoms. The second-order valence-electron chi connectivity index (χ2n) is 6.14. The molecule has 2 N–H and O–H groups in total. The summed E-state index contributed by atoms with van der Waals surface area (Å²) >= 11 is 0. The van der Waals surface area contributed by atoms with Gasteiger partial charge in [-0.15, -0.1) is 6.58 Å². The van der Waals surface area contributed by atoms with Gasteiger partial charge in [-0.05, 0) is 51.0 Å². The highest BCUT2D eigenvalue weighted by molar-refractivity contribution is 5.47. The lowest BCUT2D eigenvalue weighted by molar-refractivity contribution is 0.201. The fraction of sp³-hybridized carbons (Fsp3) is 0.474. The maximum atomic E-state index is 9.81. The minimum atomic E-state index is -0.180. The highest BCUT2D eigenvalue weighted by Gasteiger charge is 2.30. The van der Waals surface area contributed by atoms with Crippen LogP contribution in [-0.2, 0) is 0 Å². The summed E-state index contributed by atoms with van der Waals surface area (Å²) in [6, 6.07) is 7.66. The van der Waals surface area contributed by atoms with Crippen LogP contribution in [0, 0.1) is 5.41 Å². The molecule has 0 saturated heterocycles.